The first-order valence-corrected chi connectivity index (χ1v) is 7.17. The summed E-state index contributed by atoms with van der Waals surface area (Å²) in [6, 6.07) is 11.8. The molecule has 0 saturated heterocycles. The first kappa shape index (κ1) is 15.5. The Bertz CT molecular complexity index is 628. The number of aryl methyl sites for hydroxylation is 1. The number of benzene rings is 2. The van der Waals surface area contributed by atoms with Crippen LogP contribution in [-0.2, 0) is 0 Å². The molecule has 0 aromatic heterocycles. The minimum Gasteiger partial charge on any atom is -0.497 e. The molecule has 1 unspecified atom stereocenters. The molecule has 0 amide bonds. The predicted molar refractivity (Wildman–Crippen MR) is 87.8 cm³/mol. The maximum absolute atomic E-state index is 6.27. The monoisotopic (exact) mass is 305 g/mol. The third-order valence-electron chi connectivity index (χ3n) is 3.40. The van der Waals surface area contributed by atoms with Crippen molar-refractivity contribution in [2.75, 3.05) is 19.5 Å². The van der Waals surface area contributed by atoms with Gasteiger partial charge in [-0.25, -0.2) is 0 Å². The summed E-state index contributed by atoms with van der Waals surface area (Å²) < 4.78 is 10.7. The Hall–Kier alpha value is -1.87. The molecular weight excluding hydrogens is 286 g/mol. The van der Waals surface area contributed by atoms with Crippen LogP contribution in [-0.4, -0.2) is 14.2 Å². The van der Waals surface area contributed by atoms with Crippen LogP contribution in [0.1, 0.15) is 24.1 Å². The molecule has 0 aliphatic heterocycles. The van der Waals surface area contributed by atoms with Crippen LogP contribution in [0.3, 0.4) is 0 Å². The lowest BCUT2D eigenvalue weighted by molar-refractivity contribution is 0.397. The Morgan fingerprint density at radius 1 is 1.05 bits per heavy atom. The van der Waals surface area contributed by atoms with Crippen LogP contribution in [0, 0.1) is 6.92 Å². The molecule has 0 heterocycles. The number of anilines is 1. The molecule has 0 fully saturated rings. The van der Waals surface area contributed by atoms with E-state index in [0.717, 1.165) is 28.3 Å². The zero-order valence-electron chi connectivity index (χ0n) is 12.7. The van der Waals surface area contributed by atoms with Gasteiger partial charge in [0.2, 0.25) is 0 Å². The van der Waals surface area contributed by atoms with E-state index < -0.39 is 0 Å². The Kier molecular flexibility index (Phi) is 4.97. The van der Waals surface area contributed by atoms with Crippen LogP contribution in [0.15, 0.2) is 36.4 Å². The van der Waals surface area contributed by atoms with Crippen LogP contribution < -0.4 is 14.8 Å². The minimum absolute atomic E-state index is 0.0373. The smallest absolute Gasteiger partial charge is 0.124 e. The quantitative estimate of drug-likeness (QED) is 0.857. The van der Waals surface area contributed by atoms with E-state index in [-0.39, 0.29) is 6.04 Å². The second-order valence-corrected chi connectivity index (χ2v) is 5.36. The van der Waals surface area contributed by atoms with Crippen molar-refractivity contribution < 1.29 is 9.47 Å². The van der Waals surface area contributed by atoms with E-state index in [1.165, 1.54) is 0 Å². The van der Waals surface area contributed by atoms with E-state index in [9.17, 15) is 0 Å². The Morgan fingerprint density at radius 2 is 1.81 bits per heavy atom. The first-order valence-electron chi connectivity index (χ1n) is 6.79. The van der Waals surface area contributed by atoms with Gasteiger partial charge in [-0.2, -0.15) is 0 Å². The summed E-state index contributed by atoms with van der Waals surface area (Å²) in [5.41, 5.74) is 3.06. The topological polar surface area (TPSA) is 30.5 Å². The highest BCUT2D eigenvalue weighted by Gasteiger charge is 2.14. The molecular formula is C17H20ClNO2. The second-order valence-electron chi connectivity index (χ2n) is 4.96. The van der Waals surface area contributed by atoms with Gasteiger partial charge < -0.3 is 14.8 Å². The van der Waals surface area contributed by atoms with Crippen LogP contribution in [0.5, 0.6) is 11.5 Å². The minimum atomic E-state index is 0.0373. The summed E-state index contributed by atoms with van der Waals surface area (Å²) in [4.78, 5) is 0. The van der Waals surface area contributed by atoms with Gasteiger partial charge in [-0.3, -0.25) is 0 Å². The third kappa shape index (κ3) is 3.61. The fourth-order valence-corrected chi connectivity index (χ4v) is 2.52. The fourth-order valence-electron chi connectivity index (χ4n) is 2.23. The number of hydrogen-bond donors (Lipinski definition) is 1. The van der Waals surface area contributed by atoms with E-state index in [4.69, 9.17) is 21.1 Å². The van der Waals surface area contributed by atoms with Gasteiger partial charge in [-0.1, -0.05) is 17.7 Å². The summed E-state index contributed by atoms with van der Waals surface area (Å²) in [5.74, 6) is 1.62. The maximum Gasteiger partial charge on any atom is 0.124 e. The van der Waals surface area contributed by atoms with Gasteiger partial charge in [-0.05, 0) is 49.7 Å². The van der Waals surface area contributed by atoms with Crippen molar-refractivity contribution in [3.63, 3.8) is 0 Å². The van der Waals surface area contributed by atoms with Crippen molar-refractivity contribution in [1.82, 2.24) is 0 Å². The van der Waals surface area contributed by atoms with Crippen molar-refractivity contribution in [2.45, 2.75) is 19.9 Å². The molecule has 0 spiro atoms. The number of methoxy groups -OCH3 is 2. The lowest BCUT2D eigenvalue weighted by Gasteiger charge is -2.20. The van der Waals surface area contributed by atoms with Gasteiger partial charge in [0.15, 0.2) is 0 Å². The maximum atomic E-state index is 6.27. The molecule has 2 aromatic rings. The van der Waals surface area contributed by atoms with E-state index >= 15 is 0 Å². The molecule has 0 bridgehead atoms. The molecule has 4 heteroatoms. The lowest BCUT2D eigenvalue weighted by atomic mass is 10.1. The highest BCUT2D eigenvalue weighted by Crippen LogP contribution is 2.33. The van der Waals surface area contributed by atoms with E-state index in [0.29, 0.717) is 5.02 Å². The molecule has 0 radical (unpaired) electrons. The summed E-state index contributed by atoms with van der Waals surface area (Å²) in [6.07, 6.45) is 0. The van der Waals surface area contributed by atoms with E-state index in [1.807, 2.05) is 43.3 Å². The summed E-state index contributed by atoms with van der Waals surface area (Å²) in [5, 5.41) is 4.12. The highest BCUT2D eigenvalue weighted by atomic mass is 35.5. The molecule has 2 aromatic carbocycles. The normalized spacial score (nSPS) is 11.9. The molecule has 0 aliphatic carbocycles. The van der Waals surface area contributed by atoms with Crippen LogP contribution in [0.25, 0.3) is 0 Å². The molecule has 3 nitrogen and oxygen atoms in total. The summed E-state index contributed by atoms with van der Waals surface area (Å²) >= 11 is 6.27. The van der Waals surface area contributed by atoms with Crippen LogP contribution in [0.4, 0.5) is 5.69 Å². The van der Waals surface area contributed by atoms with Crippen molar-refractivity contribution in [3.05, 3.63) is 52.5 Å². The molecule has 0 aliphatic rings. The van der Waals surface area contributed by atoms with Crippen molar-refractivity contribution in [3.8, 4) is 11.5 Å². The van der Waals surface area contributed by atoms with Crippen LogP contribution >= 0.6 is 11.6 Å². The van der Waals surface area contributed by atoms with Gasteiger partial charge in [-0.15, -0.1) is 0 Å². The standard InChI is InChI=1S/C17H20ClNO2/c1-11-5-7-16(15(18)9-11)19-12(2)14-10-13(20-3)6-8-17(14)21-4/h5-10,12,19H,1-4H3. The van der Waals surface area contributed by atoms with Gasteiger partial charge in [0, 0.05) is 5.56 Å². The van der Waals surface area contributed by atoms with Crippen molar-refractivity contribution >= 4 is 17.3 Å². The average Bonchev–Trinajstić information content (AvgIpc) is 2.49. The first-order chi connectivity index (χ1) is 10.0. The average molecular weight is 306 g/mol. The van der Waals surface area contributed by atoms with E-state index in [1.54, 1.807) is 14.2 Å². The van der Waals surface area contributed by atoms with Gasteiger partial charge in [0.05, 0.1) is 31.0 Å². The number of hydrogen-bond acceptors (Lipinski definition) is 3. The summed E-state index contributed by atoms with van der Waals surface area (Å²) in [6.45, 7) is 4.08. The highest BCUT2D eigenvalue weighted by molar-refractivity contribution is 6.33. The Labute approximate surface area is 130 Å². The van der Waals surface area contributed by atoms with Crippen molar-refractivity contribution in [2.24, 2.45) is 0 Å². The number of ether oxygens (including phenoxy) is 2. The van der Waals surface area contributed by atoms with Crippen molar-refractivity contribution in [1.29, 1.82) is 0 Å². The number of rotatable bonds is 5. The van der Waals surface area contributed by atoms with Gasteiger partial charge in [0.25, 0.3) is 0 Å². The lowest BCUT2D eigenvalue weighted by Crippen LogP contribution is -2.09. The largest absolute Gasteiger partial charge is 0.497 e. The molecule has 0 saturated carbocycles. The summed E-state index contributed by atoms with van der Waals surface area (Å²) in [7, 11) is 3.32. The van der Waals surface area contributed by atoms with Crippen LogP contribution in [0.2, 0.25) is 5.02 Å². The number of halogens is 1. The molecule has 1 N–H and O–H groups in total. The van der Waals surface area contributed by atoms with E-state index in [2.05, 4.69) is 12.2 Å². The molecule has 21 heavy (non-hydrogen) atoms. The second kappa shape index (κ2) is 6.72. The molecule has 2 rings (SSSR count). The number of nitrogens with one attached hydrogen (secondary N) is 1. The SMILES string of the molecule is COc1ccc(OC)c(C(C)Nc2ccc(C)cc2Cl)c1. The fraction of sp³-hybridized carbons (Fsp3) is 0.294. The Morgan fingerprint density at radius 3 is 2.43 bits per heavy atom. The predicted octanol–water partition coefficient (Wildman–Crippen LogP) is 4.84. The zero-order chi connectivity index (χ0) is 15.4. The Balaban J connectivity index is 2.28. The third-order valence-corrected chi connectivity index (χ3v) is 3.71. The molecule has 1 atom stereocenters. The molecule has 112 valence electrons. The van der Waals surface area contributed by atoms with Gasteiger partial charge in [0.1, 0.15) is 11.5 Å². The van der Waals surface area contributed by atoms with Gasteiger partial charge >= 0.3 is 0 Å². The zero-order valence-corrected chi connectivity index (χ0v) is 13.5.